The van der Waals surface area contributed by atoms with Gasteiger partial charge in [-0.15, -0.1) is 0 Å². The highest BCUT2D eigenvalue weighted by Gasteiger charge is 2.18. The van der Waals surface area contributed by atoms with Crippen molar-refractivity contribution in [1.82, 2.24) is 20.6 Å². The van der Waals surface area contributed by atoms with Gasteiger partial charge >= 0.3 is 0 Å². The normalized spacial score (nSPS) is 11.0. The second-order valence-corrected chi connectivity index (χ2v) is 13.6. The summed E-state index contributed by atoms with van der Waals surface area (Å²) in [7, 11) is 4.71. The van der Waals surface area contributed by atoms with Gasteiger partial charge in [-0.2, -0.15) is 0 Å². The van der Waals surface area contributed by atoms with Crippen LogP contribution in [0.2, 0.25) is 5.02 Å². The summed E-state index contributed by atoms with van der Waals surface area (Å²) in [6.07, 6.45) is 1.80. The van der Waals surface area contributed by atoms with Crippen LogP contribution in [-0.4, -0.2) is 56.2 Å². The summed E-state index contributed by atoms with van der Waals surface area (Å²) in [4.78, 5) is 29.7. The first-order valence-electron chi connectivity index (χ1n) is 18.0. The zero-order valence-corrected chi connectivity index (χ0v) is 32.6. The second kappa shape index (κ2) is 18.0. The van der Waals surface area contributed by atoms with E-state index in [1.54, 1.807) is 20.3 Å². The summed E-state index contributed by atoms with van der Waals surface area (Å²) in [6, 6.07) is 23.2. The number of H-pyrrole nitrogens is 2. The molecule has 9 nitrogen and oxygen atoms in total. The van der Waals surface area contributed by atoms with Crippen LogP contribution in [0, 0.1) is 5.82 Å². The van der Waals surface area contributed by atoms with Gasteiger partial charge in [0.2, 0.25) is 11.8 Å². The Hall–Kier alpha value is -5.48. The Morgan fingerprint density at radius 2 is 1.35 bits per heavy atom. The van der Waals surface area contributed by atoms with E-state index in [1.165, 1.54) is 25.7 Å². The third-order valence-electron chi connectivity index (χ3n) is 9.34. The molecule has 284 valence electrons. The maximum atomic E-state index is 14.2. The molecule has 11 heteroatoms. The van der Waals surface area contributed by atoms with E-state index in [4.69, 9.17) is 25.8 Å². The second-order valence-electron chi connectivity index (χ2n) is 13.2. The van der Waals surface area contributed by atoms with Crippen molar-refractivity contribution in [3.8, 4) is 39.8 Å². The van der Waals surface area contributed by atoms with Gasteiger partial charge in [0.15, 0.2) is 11.6 Å². The fourth-order valence-corrected chi connectivity index (χ4v) is 6.69. The van der Waals surface area contributed by atoms with E-state index in [-0.39, 0.29) is 17.6 Å². The first-order valence-corrected chi connectivity index (χ1v) is 18.4. The van der Waals surface area contributed by atoms with Crippen molar-refractivity contribution >= 4 is 45.2 Å². The van der Waals surface area contributed by atoms with E-state index in [0.717, 1.165) is 61.2 Å². The van der Waals surface area contributed by atoms with Crippen LogP contribution < -0.4 is 24.8 Å². The van der Waals surface area contributed by atoms with Crippen molar-refractivity contribution < 1.29 is 28.2 Å². The molecule has 0 unspecified atom stereocenters. The van der Waals surface area contributed by atoms with Crippen LogP contribution in [0.3, 0.4) is 0 Å². The molecule has 4 N–H and O–H groups in total. The van der Waals surface area contributed by atoms with Crippen molar-refractivity contribution in [1.29, 1.82) is 0 Å². The number of hydrogen-bond donors (Lipinski definition) is 4. The minimum Gasteiger partial charge on any atom is -0.497 e. The van der Waals surface area contributed by atoms with Crippen molar-refractivity contribution in [2.75, 3.05) is 34.4 Å². The number of benzene rings is 4. The molecule has 4 aromatic carbocycles. The molecule has 0 saturated carbocycles. The smallest absolute Gasteiger partial charge is 0.219 e. The van der Waals surface area contributed by atoms with Crippen LogP contribution in [0.15, 0.2) is 72.8 Å². The lowest BCUT2D eigenvalue weighted by Gasteiger charge is -2.10. The largest absolute Gasteiger partial charge is 0.497 e. The molecule has 0 aliphatic rings. The molecular weight excluding hydrogens is 707 g/mol. The first kappa shape index (κ1) is 39.7. The van der Waals surface area contributed by atoms with E-state index >= 15 is 0 Å². The lowest BCUT2D eigenvalue weighted by Crippen LogP contribution is -2.24. The van der Waals surface area contributed by atoms with Crippen molar-refractivity contribution in [2.45, 2.75) is 52.9 Å². The number of aromatic nitrogens is 2. The number of halogens is 2. The van der Waals surface area contributed by atoms with E-state index in [2.05, 4.69) is 46.6 Å². The van der Waals surface area contributed by atoms with Crippen molar-refractivity contribution in [3.63, 3.8) is 0 Å². The first-order chi connectivity index (χ1) is 26.0. The van der Waals surface area contributed by atoms with E-state index in [0.29, 0.717) is 49.0 Å². The predicted molar refractivity (Wildman–Crippen MR) is 216 cm³/mol. The Morgan fingerprint density at radius 1 is 0.759 bits per heavy atom. The third kappa shape index (κ3) is 9.17. The summed E-state index contributed by atoms with van der Waals surface area (Å²) in [5.41, 5.74) is 9.09. The number of rotatable bonds is 13. The number of hydrogen-bond acceptors (Lipinski definition) is 5. The Balaban J connectivity index is 0.000000208. The zero-order valence-electron chi connectivity index (χ0n) is 31.8. The molecule has 2 amide bonds. The standard InChI is InChI=1S/C22H25FN2O2.C21H23ClN2O3/c1-13(2)15-6-5-7-16(10-15)22-17(8-9-24-14(3)26)18-11-21(27-4)19(23)12-20(18)25-22;1-4-20(25)23-10-9-15-16-11-19(27-3)17(22)12-18(16)24-21(15)13-5-7-14(26-2)8-6-13/h5-7,10-13,25H,8-9H2,1-4H3,(H,24,26);5-8,11-12,24H,4,9-10H2,1-3H3,(H,23,25). The van der Waals surface area contributed by atoms with Crippen LogP contribution in [0.4, 0.5) is 4.39 Å². The minimum atomic E-state index is -0.401. The highest BCUT2D eigenvalue weighted by atomic mass is 35.5. The molecule has 0 fully saturated rings. The molecular formula is C43H48ClFN4O5. The number of nitrogens with one attached hydrogen (secondary N) is 4. The molecule has 0 spiro atoms. The monoisotopic (exact) mass is 754 g/mol. The number of carbonyl (C=O) groups excluding carboxylic acids is 2. The lowest BCUT2D eigenvalue weighted by molar-refractivity contribution is -0.121. The van der Waals surface area contributed by atoms with Crippen LogP contribution >= 0.6 is 11.6 Å². The Labute approximate surface area is 320 Å². The average molecular weight is 755 g/mol. The van der Waals surface area contributed by atoms with Crippen molar-refractivity contribution in [3.05, 3.63) is 100 Å². The number of fused-ring (bicyclic) bond motifs is 2. The van der Waals surface area contributed by atoms with Gasteiger partial charge in [0.05, 0.1) is 26.4 Å². The van der Waals surface area contributed by atoms with Gasteiger partial charge in [0.1, 0.15) is 11.5 Å². The number of methoxy groups -OCH3 is 3. The minimum absolute atomic E-state index is 0.0430. The van der Waals surface area contributed by atoms with Crippen LogP contribution in [0.25, 0.3) is 44.3 Å². The Morgan fingerprint density at radius 3 is 1.93 bits per heavy atom. The maximum Gasteiger partial charge on any atom is 0.219 e. The van der Waals surface area contributed by atoms with Crippen molar-refractivity contribution in [2.24, 2.45) is 0 Å². The Kier molecular flexibility index (Phi) is 13.3. The third-order valence-corrected chi connectivity index (χ3v) is 9.64. The lowest BCUT2D eigenvalue weighted by atomic mass is 9.97. The SMILES string of the molecule is CCC(=O)NCCc1c(-c2ccc(OC)cc2)[nH]c2cc(Cl)c(OC)cc12.COc1cc2c(CCNC(C)=O)c(-c3cccc(C(C)C)c3)[nH]c2cc1F. The molecule has 6 aromatic rings. The number of carbonyl (C=O) groups is 2. The summed E-state index contributed by atoms with van der Waals surface area (Å²) in [6.45, 7) is 8.73. The Bertz CT molecular complexity index is 2240. The van der Waals surface area contributed by atoms with E-state index in [1.807, 2.05) is 55.5 Å². The molecule has 54 heavy (non-hydrogen) atoms. The predicted octanol–water partition coefficient (Wildman–Crippen LogP) is 9.36. The zero-order chi connectivity index (χ0) is 38.9. The van der Waals surface area contributed by atoms with E-state index in [9.17, 15) is 14.0 Å². The van der Waals surface area contributed by atoms with Crippen LogP contribution in [-0.2, 0) is 22.4 Å². The highest BCUT2D eigenvalue weighted by molar-refractivity contribution is 6.32. The molecule has 0 atom stereocenters. The summed E-state index contributed by atoms with van der Waals surface area (Å²) < 4.78 is 30.0. The molecule has 0 radical (unpaired) electrons. The van der Waals surface area contributed by atoms with Gasteiger partial charge in [0.25, 0.3) is 0 Å². The van der Waals surface area contributed by atoms with Gasteiger partial charge in [-0.3, -0.25) is 9.59 Å². The molecule has 0 saturated heterocycles. The van der Waals surface area contributed by atoms with Crippen LogP contribution in [0.5, 0.6) is 17.2 Å². The average Bonchev–Trinajstić information content (AvgIpc) is 3.70. The molecule has 0 bridgehead atoms. The topological polar surface area (TPSA) is 117 Å². The molecule has 0 aliphatic carbocycles. The fraction of sp³-hybridized carbons (Fsp3) is 0.302. The molecule has 2 aromatic heterocycles. The summed E-state index contributed by atoms with van der Waals surface area (Å²) >= 11 is 6.30. The molecule has 6 rings (SSSR count). The van der Waals surface area contributed by atoms with Gasteiger partial charge in [-0.25, -0.2) is 4.39 Å². The quantitative estimate of drug-likeness (QED) is 0.0938. The van der Waals surface area contributed by atoms with Gasteiger partial charge < -0.3 is 34.8 Å². The highest BCUT2D eigenvalue weighted by Crippen LogP contribution is 2.38. The number of amides is 2. The van der Waals surface area contributed by atoms with Gasteiger partial charge in [-0.05, 0) is 95.1 Å². The molecule has 2 heterocycles. The maximum absolute atomic E-state index is 14.2. The van der Waals surface area contributed by atoms with E-state index < -0.39 is 5.82 Å². The fourth-order valence-electron chi connectivity index (χ4n) is 6.45. The van der Waals surface area contributed by atoms with Gasteiger partial charge in [0, 0.05) is 65.7 Å². The summed E-state index contributed by atoms with van der Waals surface area (Å²) in [5.74, 6) is 1.63. The molecule has 0 aliphatic heterocycles. The summed E-state index contributed by atoms with van der Waals surface area (Å²) in [5, 5.41) is 8.28. The number of ether oxygens (including phenoxy) is 3. The van der Waals surface area contributed by atoms with Crippen LogP contribution in [0.1, 0.15) is 56.7 Å². The number of aromatic amines is 2. The van der Waals surface area contributed by atoms with Gasteiger partial charge in [-0.1, -0.05) is 50.6 Å².